The first-order valence-electron chi connectivity index (χ1n) is 5.26. The molecule has 0 aliphatic carbocycles. The van der Waals surface area contributed by atoms with Gasteiger partial charge in [-0.3, -0.25) is 19.6 Å². The van der Waals surface area contributed by atoms with Gasteiger partial charge in [0.2, 0.25) is 5.75 Å². The molecule has 1 aromatic heterocycles. The van der Waals surface area contributed by atoms with Crippen LogP contribution in [0.5, 0.6) is 5.75 Å². The molecule has 0 aliphatic heterocycles. The summed E-state index contributed by atoms with van der Waals surface area (Å²) in [5.41, 5.74) is -0.687. The molecule has 0 spiro atoms. The SMILES string of the molecule is Cn1nccc1NC(=O)c1cccc([N+](=O)[O-])c1O. The summed E-state index contributed by atoms with van der Waals surface area (Å²) in [5.74, 6) is -0.895. The molecule has 0 saturated heterocycles. The zero-order valence-electron chi connectivity index (χ0n) is 9.90. The van der Waals surface area contributed by atoms with E-state index in [2.05, 4.69) is 10.4 Å². The van der Waals surface area contributed by atoms with Crippen LogP contribution in [0.15, 0.2) is 30.5 Å². The van der Waals surface area contributed by atoms with Crippen molar-refractivity contribution in [2.45, 2.75) is 0 Å². The summed E-state index contributed by atoms with van der Waals surface area (Å²) in [5, 5.41) is 26.7. The molecule has 1 heterocycles. The summed E-state index contributed by atoms with van der Waals surface area (Å²) < 4.78 is 1.42. The smallest absolute Gasteiger partial charge is 0.311 e. The topological polar surface area (TPSA) is 110 Å². The molecule has 2 aromatic rings. The molecule has 0 radical (unpaired) electrons. The molecule has 2 N–H and O–H groups in total. The van der Waals surface area contributed by atoms with E-state index in [1.165, 1.54) is 23.0 Å². The average molecular weight is 262 g/mol. The number of nitrogens with one attached hydrogen (secondary N) is 1. The molecule has 2 rings (SSSR count). The minimum absolute atomic E-state index is 0.171. The Labute approximate surface area is 107 Å². The number of aromatic hydroxyl groups is 1. The number of rotatable bonds is 3. The van der Waals surface area contributed by atoms with Gasteiger partial charge in [-0.2, -0.15) is 5.10 Å². The number of nitro groups is 1. The van der Waals surface area contributed by atoms with E-state index in [9.17, 15) is 20.0 Å². The number of hydrogen-bond donors (Lipinski definition) is 2. The van der Waals surface area contributed by atoms with E-state index in [4.69, 9.17) is 0 Å². The number of aromatic nitrogens is 2. The van der Waals surface area contributed by atoms with Crippen LogP contribution in [0.25, 0.3) is 0 Å². The van der Waals surface area contributed by atoms with Crippen molar-refractivity contribution < 1.29 is 14.8 Å². The highest BCUT2D eigenvalue weighted by Gasteiger charge is 2.21. The lowest BCUT2D eigenvalue weighted by Crippen LogP contribution is -2.15. The molecule has 1 aromatic carbocycles. The van der Waals surface area contributed by atoms with Crippen LogP contribution in [0, 0.1) is 10.1 Å². The van der Waals surface area contributed by atoms with E-state index in [0.29, 0.717) is 5.82 Å². The summed E-state index contributed by atoms with van der Waals surface area (Å²) in [6.45, 7) is 0. The zero-order chi connectivity index (χ0) is 14.0. The van der Waals surface area contributed by atoms with Crippen molar-refractivity contribution in [2.24, 2.45) is 7.05 Å². The second-order valence-electron chi connectivity index (χ2n) is 3.72. The molecule has 8 heteroatoms. The van der Waals surface area contributed by atoms with Crippen LogP contribution in [-0.2, 0) is 7.05 Å². The van der Waals surface area contributed by atoms with Gasteiger partial charge < -0.3 is 10.4 Å². The number of hydrogen-bond acceptors (Lipinski definition) is 5. The second kappa shape index (κ2) is 4.77. The van der Waals surface area contributed by atoms with Crippen molar-refractivity contribution in [3.8, 4) is 5.75 Å². The van der Waals surface area contributed by atoms with E-state index in [0.717, 1.165) is 6.07 Å². The lowest BCUT2D eigenvalue weighted by atomic mass is 10.1. The van der Waals surface area contributed by atoms with Gasteiger partial charge in [0.15, 0.2) is 0 Å². The Morgan fingerprint density at radius 2 is 2.21 bits per heavy atom. The number of carbonyl (C=O) groups excluding carboxylic acids is 1. The molecular formula is C11H10N4O4. The maximum atomic E-state index is 11.9. The van der Waals surface area contributed by atoms with Crippen LogP contribution in [0.1, 0.15) is 10.4 Å². The number of amides is 1. The lowest BCUT2D eigenvalue weighted by molar-refractivity contribution is -0.385. The van der Waals surface area contributed by atoms with Crippen LogP contribution in [0.4, 0.5) is 11.5 Å². The molecule has 0 aliphatic rings. The third-order valence-corrected chi connectivity index (χ3v) is 2.52. The van der Waals surface area contributed by atoms with Crippen molar-refractivity contribution in [1.82, 2.24) is 9.78 Å². The van der Waals surface area contributed by atoms with Crippen LogP contribution >= 0.6 is 0 Å². The highest BCUT2D eigenvalue weighted by Crippen LogP contribution is 2.29. The predicted molar refractivity (Wildman–Crippen MR) is 65.9 cm³/mol. The third kappa shape index (κ3) is 2.37. The maximum absolute atomic E-state index is 11.9. The van der Waals surface area contributed by atoms with Gasteiger partial charge in [-0.1, -0.05) is 6.07 Å². The Bertz CT molecular complexity index is 650. The first-order valence-corrected chi connectivity index (χ1v) is 5.26. The van der Waals surface area contributed by atoms with Crippen molar-refractivity contribution in [2.75, 3.05) is 5.32 Å². The molecule has 0 saturated carbocycles. The summed E-state index contributed by atoms with van der Waals surface area (Å²) in [7, 11) is 1.63. The van der Waals surface area contributed by atoms with Crippen molar-refractivity contribution in [3.63, 3.8) is 0 Å². The standard InChI is InChI=1S/C11H10N4O4/c1-14-9(5-6-12-14)13-11(17)7-3-2-4-8(10(7)16)15(18)19/h2-6,16H,1H3,(H,13,17). The molecule has 1 amide bonds. The van der Waals surface area contributed by atoms with E-state index in [-0.39, 0.29) is 5.56 Å². The van der Waals surface area contributed by atoms with Crippen LogP contribution in [0.2, 0.25) is 0 Å². The monoisotopic (exact) mass is 262 g/mol. The lowest BCUT2D eigenvalue weighted by Gasteiger charge is -2.06. The quantitative estimate of drug-likeness (QED) is 0.639. The molecule has 0 atom stereocenters. The van der Waals surface area contributed by atoms with Crippen molar-refractivity contribution in [1.29, 1.82) is 0 Å². The fourth-order valence-electron chi connectivity index (χ4n) is 1.54. The largest absolute Gasteiger partial charge is 0.502 e. The highest BCUT2D eigenvalue weighted by molar-refractivity contribution is 6.06. The fourth-order valence-corrected chi connectivity index (χ4v) is 1.54. The number of phenolic OH excluding ortho intramolecular Hbond substituents is 1. The second-order valence-corrected chi connectivity index (χ2v) is 3.72. The van der Waals surface area contributed by atoms with Crippen molar-refractivity contribution >= 4 is 17.4 Å². The van der Waals surface area contributed by atoms with Crippen LogP contribution < -0.4 is 5.32 Å². The minimum Gasteiger partial charge on any atom is -0.502 e. The number of carbonyl (C=O) groups is 1. The Morgan fingerprint density at radius 1 is 1.47 bits per heavy atom. The van der Waals surface area contributed by atoms with E-state index < -0.39 is 22.3 Å². The van der Waals surface area contributed by atoms with Gasteiger partial charge in [-0.25, -0.2) is 0 Å². The Morgan fingerprint density at radius 3 is 2.79 bits per heavy atom. The Hall–Kier alpha value is -2.90. The molecule has 0 unspecified atom stereocenters. The molecular weight excluding hydrogens is 252 g/mol. The molecule has 98 valence electrons. The normalized spacial score (nSPS) is 10.2. The highest BCUT2D eigenvalue weighted by atomic mass is 16.6. The Balaban J connectivity index is 2.32. The number of nitrogens with zero attached hydrogens (tertiary/aromatic N) is 3. The fraction of sp³-hybridized carbons (Fsp3) is 0.0909. The van der Waals surface area contributed by atoms with Crippen LogP contribution in [0.3, 0.4) is 0 Å². The van der Waals surface area contributed by atoms with E-state index >= 15 is 0 Å². The zero-order valence-corrected chi connectivity index (χ0v) is 9.90. The molecule has 0 bridgehead atoms. The third-order valence-electron chi connectivity index (χ3n) is 2.52. The average Bonchev–Trinajstić information content (AvgIpc) is 2.74. The molecule has 19 heavy (non-hydrogen) atoms. The molecule has 0 fully saturated rings. The summed E-state index contributed by atoms with van der Waals surface area (Å²) in [6.07, 6.45) is 1.49. The van der Waals surface area contributed by atoms with Crippen molar-refractivity contribution in [3.05, 3.63) is 46.1 Å². The summed E-state index contributed by atoms with van der Waals surface area (Å²) in [6, 6.07) is 5.31. The van der Waals surface area contributed by atoms with Gasteiger partial charge in [0.05, 0.1) is 16.7 Å². The summed E-state index contributed by atoms with van der Waals surface area (Å²) in [4.78, 5) is 21.8. The number of nitro benzene ring substituents is 1. The number of phenols is 1. The van der Waals surface area contributed by atoms with E-state index in [1.54, 1.807) is 13.1 Å². The van der Waals surface area contributed by atoms with Crippen LogP contribution in [-0.4, -0.2) is 25.7 Å². The Kier molecular flexibility index (Phi) is 3.15. The number of aryl methyl sites for hydroxylation is 1. The van der Waals surface area contributed by atoms with E-state index in [1.807, 2.05) is 0 Å². The maximum Gasteiger partial charge on any atom is 0.311 e. The van der Waals surface area contributed by atoms with Gasteiger partial charge in [0.25, 0.3) is 5.91 Å². The minimum atomic E-state index is -0.754. The summed E-state index contributed by atoms with van der Waals surface area (Å²) >= 11 is 0. The predicted octanol–water partition coefficient (Wildman–Crippen LogP) is 1.29. The number of benzene rings is 1. The number of anilines is 1. The first-order chi connectivity index (χ1) is 9.00. The van der Waals surface area contributed by atoms with Gasteiger partial charge in [-0.15, -0.1) is 0 Å². The van der Waals surface area contributed by atoms with Gasteiger partial charge in [0, 0.05) is 19.2 Å². The van der Waals surface area contributed by atoms with Gasteiger partial charge >= 0.3 is 5.69 Å². The number of para-hydroxylation sites is 1. The van der Waals surface area contributed by atoms with Gasteiger partial charge in [0.1, 0.15) is 5.82 Å². The molecule has 8 nitrogen and oxygen atoms in total. The van der Waals surface area contributed by atoms with Gasteiger partial charge in [-0.05, 0) is 6.07 Å². The first kappa shape index (κ1) is 12.6.